The van der Waals surface area contributed by atoms with Crippen molar-refractivity contribution < 1.29 is 32.5 Å². The molecule has 0 radical (unpaired) electrons. The number of benzene rings is 2. The van der Waals surface area contributed by atoms with Crippen LogP contribution in [0.4, 0.5) is 18.0 Å². The Bertz CT molecular complexity index is 811. The van der Waals surface area contributed by atoms with Crippen molar-refractivity contribution in [3.05, 3.63) is 71.0 Å². The molecule has 7 heteroatoms. The number of alkyl halides is 3. The monoisotopic (exact) mass is 336 g/mol. The summed E-state index contributed by atoms with van der Waals surface area (Å²) in [5.41, 5.74) is -0.124. The van der Waals surface area contributed by atoms with Gasteiger partial charge in [-0.2, -0.15) is 13.2 Å². The molecular weight excluding hydrogens is 325 g/mol. The van der Waals surface area contributed by atoms with Crippen molar-refractivity contribution in [2.45, 2.75) is 12.3 Å². The smallest absolute Gasteiger partial charge is 0.477 e. The molecule has 2 aromatic rings. The van der Waals surface area contributed by atoms with Gasteiger partial charge < -0.3 is 14.6 Å². The van der Waals surface area contributed by atoms with Crippen LogP contribution in [0.1, 0.15) is 22.8 Å². The predicted molar refractivity (Wildman–Crippen MR) is 78.3 cm³/mol. The van der Waals surface area contributed by atoms with Crippen molar-refractivity contribution >= 4 is 12.2 Å². The third-order valence-corrected chi connectivity index (χ3v) is 3.44. The van der Waals surface area contributed by atoms with Crippen molar-refractivity contribution in [1.82, 2.24) is 0 Å². The molecular formula is C17H11F3O4. The highest BCUT2D eigenvalue weighted by Crippen LogP contribution is 2.39. The second kappa shape index (κ2) is 5.92. The van der Waals surface area contributed by atoms with Crippen molar-refractivity contribution in [3.8, 4) is 5.75 Å². The van der Waals surface area contributed by atoms with E-state index in [2.05, 4.69) is 0 Å². The summed E-state index contributed by atoms with van der Waals surface area (Å²) in [6, 6.07) is 11.3. The predicted octanol–water partition coefficient (Wildman–Crippen LogP) is 4.87. The molecule has 1 aliphatic heterocycles. The molecule has 0 amide bonds. The van der Waals surface area contributed by atoms with Crippen LogP contribution < -0.4 is 4.74 Å². The van der Waals surface area contributed by atoms with E-state index in [1.807, 2.05) is 0 Å². The van der Waals surface area contributed by atoms with Gasteiger partial charge in [-0.3, -0.25) is 0 Å². The Kier molecular flexibility index (Phi) is 3.92. The SMILES string of the molecule is O=C(O)OC1=Cc2ccccc2OC1c1cccc(C(F)(F)F)c1. The Morgan fingerprint density at radius 3 is 2.58 bits per heavy atom. The first-order chi connectivity index (χ1) is 11.3. The van der Waals surface area contributed by atoms with Crippen molar-refractivity contribution in [3.63, 3.8) is 0 Å². The maximum Gasteiger partial charge on any atom is 0.511 e. The number of halogens is 3. The summed E-state index contributed by atoms with van der Waals surface area (Å²) in [4.78, 5) is 10.9. The fourth-order valence-electron chi connectivity index (χ4n) is 2.42. The Hall–Kier alpha value is -2.96. The van der Waals surface area contributed by atoms with Crippen LogP contribution in [0.25, 0.3) is 6.08 Å². The molecule has 1 N–H and O–H groups in total. The molecule has 1 heterocycles. The van der Waals surface area contributed by atoms with E-state index in [1.165, 1.54) is 18.2 Å². The molecule has 2 aromatic carbocycles. The van der Waals surface area contributed by atoms with Gasteiger partial charge in [0.25, 0.3) is 0 Å². The average Bonchev–Trinajstić information content (AvgIpc) is 2.53. The molecule has 0 bridgehead atoms. The Morgan fingerprint density at radius 2 is 1.88 bits per heavy atom. The van der Waals surface area contributed by atoms with E-state index in [9.17, 15) is 18.0 Å². The molecule has 3 rings (SSSR count). The quantitative estimate of drug-likeness (QED) is 0.795. The molecule has 1 aliphatic rings. The topological polar surface area (TPSA) is 55.8 Å². The van der Waals surface area contributed by atoms with Gasteiger partial charge in [-0.05, 0) is 24.3 Å². The van der Waals surface area contributed by atoms with E-state index in [1.54, 1.807) is 24.3 Å². The second-order valence-corrected chi connectivity index (χ2v) is 5.07. The van der Waals surface area contributed by atoms with Crippen molar-refractivity contribution in [2.24, 2.45) is 0 Å². The third-order valence-electron chi connectivity index (χ3n) is 3.44. The summed E-state index contributed by atoms with van der Waals surface area (Å²) >= 11 is 0. The summed E-state index contributed by atoms with van der Waals surface area (Å²) in [5, 5.41) is 8.86. The number of carboxylic acid groups (broad SMARTS) is 1. The van der Waals surface area contributed by atoms with Crippen LogP contribution in [0.15, 0.2) is 54.3 Å². The van der Waals surface area contributed by atoms with Crippen LogP contribution in [0.3, 0.4) is 0 Å². The van der Waals surface area contributed by atoms with Gasteiger partial charge in [0, 0.05) is 11.1 Å². The highest BCUT2D eigenvalue weighted by Gasteiger charge is 2.33. The van der Waals surface area contributed by atoms with Gasteiger partial charge in [-0.1, -0.05) is 30.3 Å². The lowest BCUT2D eigenvalue weighted by molar-refractivity contribution is -0.137. The largest absolute Gasteiger partial charge is 0.511 e. The molecule has 0 saturated carbocycles. The number of hydrogen-bond donors (Lipinski definition) is 1. The maximum atomic E-state index is 12.9. The molecule has 0 spiro atoms. The summed E-state index contributed by atoms with van der Waals surface area (Å²) in [6.45, 7) is 0. The molecule has 0 fully saturated rings. The van der Waals surface area contributed by atoms with Crippen LogP contribution >= 0.6 is 0 Å². The summed E-state index contributed by atoms with van der Waals surface area (Å²) in [6.07, 6.45) is -5.72. The lowest BCUT2D eigenvalue weighted by Crippen LogP contribution is -2.19. The molecule has 0 saturated heterocycles. The lowest BCUT2D eigenvalue weighted by atomic mass is 10.0. The van der Waals surface area contributed by atoms with Crippen LogP contribution in [0.2, 0.25) is 0 Å². The Labute approximate surface area is 134 Å². The highest BCUT2D eigenvalue weighted by molar-refractivity contribution is 5.67. The number of ether oxygens (including phenoxy) is 2. The van der Waals surface area contributed by atoms with Crippen LogP contribution in [-0.2, 0) is 10.9 Å². The minimum absolute atomic E-state index is 0.0967. The second-order valence-electron chi connectivity index (χ2n) is 5.07. The van der Waals surface area contributed by atoms with E-state index >= 15 is 0 Å². The van der Waals surface area contributed by atoms with Gasteiger partial charge in [0.2, 0.25) is 0 Å². The number of fused-ring (bicyclic) bond motifs is 1. The van der Waals surface area contributed by atoms with E-state index in [0.717, 1.165) is 12.1 Å². The molecule has 1 unspecified atom stereocenters. The lowest BCUT2D eigenvalue weighted by Gasteiger charge is -2.26. The molecule has 1 atom stereocenters. The van der Waals surface area contributed by atoms with Crippen molar-refractivity contribution in [2.75, 3.05) is 0 Å². The molecule has 124 valence electrons. The van der Waals surface area contributed by atoms with Crippen molar-refractivity contribution in [1.29, 1.82) is 0 Å². The minimum atomic E-state index is -4.51. The minimum Gasteiger partial charge on any atom is -0.477 e. The molecule has 4 nitrogen and oxygen atoms in total. The van der Waals surface area contributed by atoms with Crippen LogP contribution in [-0.4, -0.2) is 11.3 Å². The maximum absolute atomic E-state index is 12.9. The summed E-state index contributed by atoms with van der Waals surface area (Å²) in [5.74, 6) is 0.332. The zero-order valence-corrected chi connectivity index (χ0v) is 12.1. The Balaban J connectivity index is 2.04. The number of carbonyl (C=O) groups is 1. The summed E-state index contributed by atoms with van der Waals surface area (Å²) < 4.78 is 49.1. The molecule has 0 aromatic heterocycles. The van der Waals surface area contributed by atoms with E-state index in [4.69, 9.17) is 14.6 Å². The van der Waals surface area contributed by atoms with Gasteiger partial charge in [-0.15, -0.1) is 0 Å². The fraction of sp³-hybridized carbons (Fsp3) is 0.118. The zero-order chi connectivity index (χ0) is 17.3. The van der Waals surface area contributed by atoms with E-state index < -0.39 is 24.0 Å². The number of rotatable bonds is 2. The Morgan fingerprint density at radius 1 is 1.12 bits per heavy atom. The van der Waals surface area contributed by atoms with E-state index in [0.29, 0.717) is 11.3 Å². The normalized spacial score (nSPS) is 16.6. The third kappa shape index (κ3) is 3.19. The summed E-state index contributed by atoms with van der Waals surface area (Å²) in [7, 11) is 0. The zero-order valence-electron chi connectivity index (χ0n) is 12.1. The number of hydrogen-bond acceptors (Lipinski definition) is 3. The van der Waals surface area contributed by atoms with Gasteiger partial charge in [-0.25, -0.2) is 4.79 Å². The average molecular weight is 336 g/mol. The molecule has 24 heavy (non-hydrogen) atoms. The number of para-hydroxylation sites is 1. The van der Waals surface area contributed by atoms with Gasteiger partial charge in [0.1, 0.15) is 5.75 Å². The fourth-order valence-corrected chi connectivity index (χ4v) is 2.42. The first-order valence-corrected chi connectivity index (χ1v) is 6.90. The first kappa shape index (κ1) is 15.9. The van der Waals surface area contributed by atoms with Gasteiger partial charge >= 0.3 is 12.3 Å². The first-order valence-electron chi connectivity index (χ1n) is 6.90. The van der Waals surface area contributed by atoms with Gasteiger partial charge in [0.15, 0.2) is 11.9 Å². The molecule has 0 aliphatic carbocycles. The van der Waals surface area contributed by atoms with Crippen LogP contribution in [0.5, 0.6) is 5.75 Å². The van der Waals surface area contributed by atoms with E-state index in [-0.39, 0.29) is 11.3 Å². The standard InChI is InChI=1S/C17H11F3O4/c18-17(19,20)12-6-3-5-11(8-12)15-14(24-16(21)22)9-10-4-1-2-7-13(10)23-15/h1-9,15H,(H,21,22). The highest BCUT2D eigenvalue weighted by atomic mass is 19.4. The van der Waals surface area contributed by atoms with Crippen LogP contribution in [0, 0.1) is 0 Å². The van der Waals surface area contributed by atoms with Gasteiger partial charge in [0.05, 0.1) is 5.56 Å².